The second kappa shape index (κ2) is 9.61. The fourth-order valence-electron chi connectivity index (χ4n) is 1.54. The lowest BCUT2D eigenvalue weighted by atomic mass is 10.1. The Morgan fingerprint density at radius 1 is 1.35 bits per heavy atom. The topological polar surface area (TPSA) is 131 Å². The molecule has 0 fully saturated rings. The Labute approximate surface area is 117 Å². The molecule has 0 spiro atoms. The third kappa shape index (κ3) is 7.20. The SMILES string of the molecule is CCN(CCC#N)C(=O)N[C@H](CCCC(=O)O)C(=O)O. The highest BCUT2D eigenvalue weighted by atomic mass is 16.4. The van der Waals surface area contributed by atoms with Gasteiger partial charge >= 0.3 is 18.0 Å². The Balaban J connectivity index is 4.41. The van der Waals surface area contributed by atoms with E-state index in [-0.39, 0.29) is 32.2 Å². The number of carbonyl (C=O) groups is 3. The predicted octanol–water partition coefficient (Wildman–Crippen LogP) is 0.640. The maximum Gasteiger partial charge on any atom is 0.326 e. The number of amides is 2. The van der Waals surface area contributed by atoms with Crippen molar-refractivity contribution in [3.8, 4) is 6.07 Å². The first-order valence-electron chi connectivity index (χ1n) is 6.29. The van der Waals surface area contributed by atoms with Crippen LogP contribution in [0.5, 0.6) is 0 Å². The van der Waals surface area contributed by atoms with E-state index in [1.54, 1.807) is 6.92 Å². The molecule has 0 heterocycles. The summed E-state index contributed by atoms with van der Waals surface area (Å²) in [6.45, 7) is 2.30. The Kier molecular flexibility index (Phi) is 8.50. The van der Waals surface area contributed by atoms with E-state index in [1.165, 1.54) is 4.90 Å². The molecule has 0 bridgehead atoms. The monoisotopic (exact) mass is 285 g/mol. The second-order valence-corrected chi connectivity index (χ2v) is 4.11. The summed E-state index contributed by atoms with van der Waals surface area (Å²) in [5, 5.41) is 28.3. The van der Waals surface area contributed by atoms with Gasteiger partial charge in [-0.25, -0.2) is 9.59 Å². The number of urea groups is 1. The van der Waals surface area contributed by atoms with Crippen molar-refractivity contribution in [2.45, 2.75) is 38.6 Å². The van der Waals surface area contributed by atoms with Crippen LogP contribution in [0.25, 0.3) is 0 Å². The molecule has 0 aliphatic carbocycles. The van der Waals surface area contributed by atoms with Crippen LogP contribution in [0, 0.1) is 11.3 Å². The van der Waals surface area contributed by atoms with Gasteiger partial charge in [-0.15, -0.1) is 0 Å². The molecule has 112 valence electrons. The molecule has 0 aliphatic rings. The summed E-state index contributed by atoms with van der Waals surface area (Å²) in [6, 6.07) is 0.216. The van der Waals surface area contributed by atoms with Crippen LogP contribution in [0.3, 0.4) is 0 Å². The van der Waals surface area contributed by atoms with Crippen molar-refractivity contribution < 1.29 is 24.6 Å². The molecule has 8 heteroatoms. The van der Waals surface area contributed by atoms with Crippen LogP contribution < -0.4 is 5.32 Å². The zero-order chi connectivity index (χ0) is 15.5. The van der Waals surface area contributed by atoms with E-state index in [2.05, 4.69) is 5.32 Å². The van der Waals surface area contributed by atoms with Crippen LogP contribution in [0.1, 0.15) is 32.6 Å². The number of carbonyl (C=O) groups excluding carboxylic acids is 1. The highest BCUT2D eigenvalue weighted by Gasteiger charge is 2.22. The van der Waals surface area contributed by atoms with Crippen LogP contribution in [-0.4, -0.2) is 52.2 Å². The normalized spacial score (nSPS) is 11.2. The fourth-order valence-corrected chi connectivity index (χ4v) is 1.54. The van der Waals surface area contributed by atoms with Crippen molar-refractivity contribution in [1.29, 1.82) is 5.26 Å². The standard InChI is InChI=1S/C12H19N3O5/c1-2-15(8-4-7-13)12(20)14-9(11(18)19)5-3-6-10(16)17/h9H,2-6,8H2,1H3,(H,14,20)(H,16,17)(H,18,19)/t9-/m1/s1. The van der Waals surface area contributed by atoms with Gasteiger partial charge < -0.3 is 20.4 Å². The molecule has 0 radical (unpaired) electrons. The molecule has 0 unspecified atom stereocenters. The molecule has 0 aromatic rings. The minimum absolute atomic E-state index is 0.0448. The van der Waals surface area contributed by atoms with E-state index >= 15 is 0 Å². The number of aliphatic carboxylic acids is 2. The van der Waals surface area contributed by atoms with Gasteiger partial charge in [-0.2, -0.15) is 5.26 Å². The van der Waals surface area contributed by atoms with E-state index in [0.29, 0.717) is 6.54 Å². The molecule has 0 saturated carbocycles. The van der Waals surface area contributed by atoms with Crippen molar-refractivity contribution in [2.24, 2.45) is 0 Å². The van der Waals surface area contributed by atoms with Crippen molar-refractivity contribution in [3.05, 3.63) is 0 Å². The molecule has 2 amide bonds. The summed E-state index contributed by atoms with van der Waals surface area (Å²) < 4.78 is 0. The third-order valence-corrected chi connectivity index (χ3v) is 2.64. The maximum absolute atomic E-state index is 11.8. The summed E-state index contributed by atoms with van der Waals surface area (Å²) in [6.07, 6.45) is 0.226. The summed E-state index contributed by atoms with van der Waals surface area (Å²) >= 11 is 0. The van der Waals surface area contributed by atoms with E-state index in [0.717, 1.165) is 0 Å². The van der Waals surface area contributed by atoms with Gasteiger partial charge in [0.25, 0.3) is 0 Å². The van der Waals surface area contributed by atoms with Crippen molar-refractivity contribution in [2.75, 3.05) is 13.1 Å². The van der Waals surface area contributed by atoms with Gasteiger partial charge in [0.2, 0.25) is 0 Å². The predicted molar refractivity (Wildman–Crippen MR) is 68.9 cm³/mol. The lowest BCUT2D eigenvalue weighted by molar-refractivity contribution is -0.140. The maximum atomic E-state index is 11.8. The van der Waals surface area contributed by atoms with Crippen molar-refractivity contribution >= 4 is 18.0 Å². The number of carboxylic acid groups (broad SMARTS) is 2. The van der Waals surface area contributed by atoms with Gasteiger partial charge in [-0.3, -0.25) is 4.79 Å². The summed E-state index contributed by atoms with van der Waals surface area (Å²) in [5.74, 6) is -2.22. The zero-order valence-electron chi connectivity index (χ0n) is 11.3. The van der Waals surface area contributed by atoms with Crippen LogP contribution in [0.2, 0.25) is 0 Å². The smallest absolute Gasteiger partial charge is 0.326 e. The van der Waals surface area contributed by atoms with Gasteiger partial charge in [0.05, 0.1) is 12.5 Å². The molecule has 8 nitrogen and oxygen atoms in total. The van der Waals surface area contributed by atoms with Gasteiger partial charge in [-0.1, -0.05) is 0 Å². The van der Waals surface area contributed by atoms with Crippen LogP contribution >= 0.6 is 0 Å². The van der Waals surface area contributed by atoms with Crippen molar-refractivity contribution in [1.82, 2.24) is 10.2 Å². The molecular weight excluding hydrogens is 266 g/mol. The minimum atomic E-state index is -1.21. The van der Waals surface area contributed by atoms with Gasteiger partial charge in [-0.05, 0) is 19.8 Å². The quantitative estimate of drug-likeness (QED) is 0.569. The second-order valence-electron chi connectivity index (χ2n) is 4.11. The number of hydrogen-bond acceptors (Lipinski definition) is 4. The molecule has 1 atom stereocenters. The summed E-state index contributed by atoms with van der Waals surface area (Å²) in [7, 11) is 0. The van der Waals surface area contributed by atoms with E-state index in [1.807, 2.05) is 6.07 Å². The molecule has 0 rings (SSSR count). The number of nitrogens with zero attached hydrogens (tertiary/aromatic N) is 2. The number of nitriles is 1. The Morgan fingerprint density at radius 2 is 2.00 bits per heavy atom. The highest BCUT2D eigenvalue weighted by Crippen LogP contribution is 2.03. The Hall–Kier alpha value is -2.30. The lowest BCUT2D eigenvalue weighted by Gasteiger charge is -2.23. The third-order valence-electron chi connectivity index (χ3n) is 2.64. The van der Waals surface area contributed by atoms with Gasteiger partial charge in [0, 0.05) is 19.5 Å². The Bertz CT molecular complexity index is 391. The minimum Gasteiger partial charge on any atom is -0.481 e. The number of hydrogen-bond donors (Lipinski definition) is 3. The molecule has 0 aromatic heterocycles. The lowest BCUT2D eigenvalue weighted by Crippen LogP contribution is -2.48. The highest BCUT2D eigenvalue weighted by molar-refractivity contribution is 5.82. The fraction of sp³-hybridized carbons (Fsp3) is 0.667. The van der Waals surface area contributed by atoms with E-state index in [4.69, 9.17) is 15.5 Å². The molecule has 0 aromatic carbocycles. The first kappa shape index (κ1) is 17.7. The zero-order valence-corrected chi connectivity index (χ0v) is 11.3. The van der Waals surface area contributed by atoms with Gasteiger partial charge in [0.15, 0.2) is 0 Å². The molecule has 0 aliphatic heterocycles. The first-order valence-corrected chi connectivity index (χ1v) is 6.29. The molecule has 0 saturated heterocycles. The molecule has 20 heavy (non-hydrogen) atoms. The van der Waals surface area contributed by atoms with Crippen LogP contribution in [0.15, 0.2) is 0 Å². The largest absolute Gasteiger partial charge is 0.481 e. The average Bonchev–Trinajstić information content (AvgIpc) is 2.37. The Morgan fingerprint density at radius 3 is 2.45 bits per heavy atom. The van der Waals surface area contributed by atoms with Crippen LogP contribution in [-0.2, 0) is 9.59 Å². The summed E-state index contributed by atoms with van der Waals surface area (Å²) in [5.41, 5.74) is 0. The number of rotatable bonds is 9. The molecule has 3 N–H and O–H groups in total. The number of nitrogens with one attached hydrogen (secondary N) is 1. The first-order chi connectivity index (χ1) is 9.42. The van der Waals surface area contributed by atoms with E-state index in [9.17, 15) is 14.4 Å². The summed E-state index contributed by atoms with van der Waals surface area (Å²) in [4.78, 5) is 34.5. The van der Waals surface area contributed by atoms with E-state index < -0.39 is 24.0 Å². The number of carboxylic acids is 2. The van der Waals surface area contributed by atoms with Crippen LogP contribution in [0.4, 0.5) is 4.79 Å². The van der Waals surface area contributed by atoms with Gasteiger partial charge in [0.1, 0.15) is 6.04 Å². The molecular formula is C12H19N3O5. The van der Waals surface area contributed by atoms with Crippen molar-refractivity contribution in [3.63, 3.8) is 0 Å². The average molecular weight is 285 g/mol.